The van der Waals surface area contributed by atoms with Crippen LogP contribution >= 0.6 is 0 Å². The maximum atomic E-state index is 12.4. The maximum Gasteiger partial charge on any atom is 0.292 e. The lowest BCUT2D eigenvalue weighted by Crippen LogP contribution is -2.56. The molecule has 21 heavy (non-hydrogen) atoms. The van der Waals surface area contributed by atoms with E-state index in [4.69, 9.17) is 0 Å². The lowest BCUT2D eigenvalue weighted by atomic mass is 10.0. The maximum absolute atomic E-state index is 12.4. The summed E-state index contributed by atoms with van der Waals surface area (Å²) in [7, 11) is -3.17. The standard InChI is InChI=1S/C14H20N2O4S/c1-3-14(4-2)11-15(9-10-21(14,19)20)12-7-5-6-8-13(12)16(17)18/h5-8H,3-4,9-11H2,1-2H3. The first-order chi connectivity index (χ1) is 9.87. The Balaban J connectivity index is 2.43. The molecule has 1 saturated heterocycles. The van der Waals surface area contributed by atoms with Gasteiger partial charge in [-0.3, -0.25) is 10.1 Å². The van der Waals surface area contributed by atoms with Crippen molar-refractivity contribution in [3.63, 3.8) is 0 Å². The molecule has 0 amide bonds. The highest BCUT2D eigenvalue weighted by atomic mass is 32.2. The van der Waals surface area contributed by atoms with E-state index in [9.17, 15) is 18.5 Å². The van der Waals surface area contributed by atoms with E-state index in [-0.39, 0.29) is 11.4 Å². The number of hydrogen-bond donors (Lipinski definition) is 0. The molecular weight excluding hydrogens is 292 g/mol. The fourth-order valence-corrected chi connectivity index (χ4v) is 5.10. The van der Waals surface area contributed by atoms with Crippen LogP contribution in [-0.2, 0) is 9.84 Å². The van der Waals surface area contributed by atoms with Gasteiger partial charge in [-0.2, -0.15) is 0 Å². The molecule has 0 atom stereocenters. The van der Waals surface area contributed by atoms with Gasteiger partial charge in [-0.25, -0.2) is 8.42 Å². The number of sulfone groups is 1. The second kappa shape index (κ2) is 5.63. The molecule has 1 aliphatic heterocycles. The molecule has 0 bridgehead atoms. The molecule has 6 nitrogen and oxygen atoms in total. The lowest BCUT2D eigenvalue weighted by molar-refractivity contribution is -0.384. The van der Waals surface area contributed by atoms with Crippen molar-refractivity contribution < 1.29 is 13.3 Å². The van der Waals surface area contributed by atoms with E-state index in [1.807, 2.05) is 18.7 Å². The van der Waals surface area contributed by atoms with Gasteiger partial charge in [0.05, 0.1) is 15.4 Å². The van der Waals surface area contributed by atoms with Gasteiger partial charge in [-0.1, -0.05) is 26.0 Å². The van der Waals surface area contributed by atoms with Crippen LogP contribution in [0.4, 0.5) is 11.4 Å². The third-order valence-electron chi connectivity index (χ3n) is 4.48. The summed E-state index contributed by atoms with van der Waals surface area (Å²) in [5.41, 5.74) is 0.529. The van der Waals surface area contributed by atoms with Gasteiger partial charge in [0.2, 0.25) is 0 Å². The van der Waals surface area contributed by atoms with Gasteiger partial charge in [-0.05, 0) is 18.9 Å². The van der Waals surface area contributed by atoms with Gasteiger partial charge in [-0.15, -0.1) is 0 Å². The van der Waals surface area contributed by atoms with Gasteiger partial charge in [0.15, 0.2) is 9.84 Å². The summed E-state index contributed by atoms with van der Waals surface area (Å²) >= 11 is 0. The van der Waals surface area contributed by atoms with Crippen LogP contribution in [0.25, 0.3) is 0 Å². The van der Waals surface area contributed by atoms with Crippen LogP contribution in [0.5, 0.6) is 0 Å². The first-order valence-corrected chi connectivity index (χ1v) is 8.73. The zero-order valence-electron chi connectivity index (χ0n) is 12.3. The Morgan fingerprint density at radius 3 is 2.48 bits per heavy atom. The number of rotatable bonds is 4. The van der Waals surface area contributed by atoms with Gasteiger partial charge in [0, 0.05) is 19.2 Å². The largest absolute Gasteiger partial charge is 0.363 e. The normalized spacial score (nSPS) is 20.2. The average molecular weight is 312 g/mol. The first-order valence-electron chi connectivity index (χ1n) is 7.07. The molecule has 0 aromatic heterocycles. The monoisotopic (exact) mass is 312 g/mol. The van der Waals surface area contributed by atoms with Crippen molar-refractivity contribution in [2.24, 2.45) is 0 Å². The highest BCUT2D eigenvalue weighted by Gasteiger charge is 2.46. The van der Waals surface area contributed by atoms with E-state index in [1.165, 1.54) is 6.07 Å². The molecule has 1 aliphatic rings. The van der Waals surface area contributed by atoms with E-state index in [2.05, 4.69) is 0 Å². The zero-order chi connectivity index (χ0) is 15.7. The highest BCUT2D eigenvalue weighted by molar-refractivity contribution is 7.92. The molecule has 1 heterocycles. The Labute approximate surface area is 124 Å². The lowest BCUT2D eigenvalue weighted by Gasteiger charge is -2.42. The van der Waals surface area contributed by atoms with Gasteiger partial charge >= 0.3 is 0 Å². The van der Waals surface area contributed by atoms with Crippen molar-refractivity contribution >= 4 is 21.2 Å². The Bertz CT molecular complexity index is 638. The van der Waals surface area contributed by atoms with E-state index in [0.717, 1.165) is 0 Å². The second-order valence-electron chi connectivity index (χ2n) is 5.38. The van der Waals surface area contributed by atoms with Gasteiger partial charge in [0.1, 0.15) is 5.69 Å². The molecule has 1 fully saturated rings. The quantitative estimate of drug-likeness (QED) is 0.630. The molecule has 0 aliphatic carbocycles. The molecule has 2 rings (SSSR count). The summed E-state index contributed by atoms with van der Waals surface area (Å²) in [4.78, 5) is 12.6. The Morgan fingerprint density at radius 1 is 1.29 bits per heavy atom. The fourth-order valence-electron chi connectivity index (χ4n) is 2.98. The molecule has 0 radical (unpaired) electrons. The van der Waals surface area contributed by atoms with E-state index >= 15 is 0 Å². The predicted octanol–water partition coefficient (Wildman–Crippen LogP) is 2.39. The van der Waals surface area contributed by atoms with Crippen molar-refractivity contribution in [3.05, 3.63) is 34.4 Å². The van der Waals surface area contributed by atoms with Crippen molar-refractivity contribution in [1.82, 2.24) is 0 Å². The van der Waals surface area contributed by atoms with E-state index in [0.29, 0.717) is 31.6 Å². The smallest absolute Gasteiger partial charge is 0.292 e. The number of hydrogen-bond acceptors (Lipinski definition) is 5. The van der Waals surface area contributed by atoms with Crippen molar-refractivity contribution in [2.75, 3.05) is 23.7 Å². The van der Waals surface area contributed by atoms with Gasteiger partial charge < -0.3 is 4.90 Å². The Hall–Kier alpha value is -1.63. The number of nitro benzene ring substituents is 1. The molecule has 7 heteroatoms. The van der Waals surface area contributed by atoms with Gasteiger partial charge in [0.25, 0.3) is 5.69 Å². The Morgan fingerprint density at radius 2 is 1.90 bits per heavy atom. The SMILES string of the molecule is CCC1(CC)CN(c2ccccc2[N+](=O)[O-])CCS1(=O)=O. The molecule has 0 saturated carbocycles. The number of nitro groups is 1. The molecule has 1 aromatic carbocycles. The topological polar surface area (TPSA) is 80.5 Å². The number of nitrogens with zero attached hydrogens (tertiary/aromatic N) is 2. The third kappa shape index (κ3) is 2.62. The highest BCUT2D eigenvalue weighted by Crippen LogP contribution is 2.36. The van der Waals surface area contributed by atoms with Crippen LogP contribution in [0.1, 0.15) is 26.7 Å². The molecule has 1 aromatic rings. The molecule has 0 unspecified atom stereocenters. The number of para-hydroxylation sites is 2. The van der Waals surface area contributed by atoms with Crippen LogP contribution in [0.3, 0.4) is 0 Å². The minimum Gasteiger partial charge on any atom is -0.363 e. The molecule has 116 valence electrons. The summed E-state index contributed by atoms with van der Waals surface area (Å²) in [6.45, 7) is 4.34. The predicted molar refractivity (Wildman–Crippen MR) is 82.4 cm³/mol. The summed E-state index contributed by atoms with van der Waals surface area (Å²) < 4.78 is 24.0. The number of anilines is 1. The van der Waals surface area contributed by atoms with Crippen LogP contribution in [0, 0.1) is 10.1 Å². The molecule has 0 N–H and O–H groups in total. The van der Waals surface area contributed by atoms with Crippen LogP contribution in [0.15, 0.2) is 24.3 Å². The fraction of sp³-hybridized carbons (Fsp3) is 0.571. The minimum absolute atomic E-state index is 0.0258. The summed E-state index contributed by atoms with van der Waals surface area (Å²) in [6, 6.07) is 6.50. The summed E-state index contributed by atoms with van der Waals surface area (Å²) in [5.74, 6) is 0.0424. The Kier molecular flexibility index (Phi) is 4.22. The zero-order valence-corrected chi connectivity index (χ0v) is 13.1. The van der Waals surface area contributed by atoms with Crippen molar-refractivity contribution in [3.8, 4) is 0 Å². The van der Waals surface area contributed by atoms with Crippen LogP contribution in [0.2, 0.25) is 0 Å². The second-order valence-corrected chi connectivity index (χ2v) is 7.88. The summed E-state index contributed by atoms with van der Waals surface area (Å²) in [6.07, 6.45) is 1.03. The number of benzene rings is 1. The van der Waals surface area contributed by atoms with Crippen LogP contribution in [-0.4, -0.2) is 36.9 Å². The van der Waals surface area contributed by atoms with Crippen LogP contribution < -0.4 is 4.90 Å². The molecule has 0 spiro atoms. The van der Waals surface area contributed by atoms with Crippen molar-refractivity contribution in [2.45, 2.75) is 31.4 Å². The van der Waals surface area contributed by atoms with Crippen molar-refractivity contribution in [1.29, 1.82) is 0 Å². The summed E-state index contributed by atoms with van der Waals surface area (Å²) in [5, 5.41) is 11.2. The third-order valence-corrected chi connectivity index (χ3v) is 7.22. The van der Waals surface area contributed by atoms with E-state index < -0.39 is 19.5 Å². The van der Waals surface area contributed by atoms with E-state index in [1.54, 1.807) is 18.2 Å². The minimum atomic E-state index is -3.17. The molecular formula is C14H20N2O4S. The average Bonchev–Trinajstić information content (AvgIpc) is 2.47. The first kappa shape index (κ1) is 15.8.